The lowest BCUT2D eigenvalue weighted by Gasteiger charge is -2.19. The molecule has 0 radical (unpaired) electrons. The van der Waals surface area contributed by atoms with Crippen LogP contribution >= 0.6 is 11.8 Å². The maximum atomic E-state index is 11.6. The number of nitrogens with one attached hydrogen (secondary N) is 2. The third-order valence-electron chi connectivity index (χ3n) is 4.49. The first kappa shape index (κ1) is 20.7. The van der Waals surface area contributed by atoms with E-state index in [-0.39, 0.29) is 5.91 Å². The number of pyridine rings is 1. The summed E-state index contributed by atoms with van der Waals surface area (Å²) in [6.07, 6.45) is 3.71. The Labute approximate surface area is 184 Å². The van der Waals surface area contributed by atoms with E-state index in [0.717, 1.165) is 34.9 Å². The maximum Gasteiger partial charge on any atom is 0.247 e. The molecular weight excluding hydrogens is 414 g/mol. The Morgan fingerprint density at radius 2 is 2.13 bits per heavy atom. The molecular formula is C22H21N5O3S. The lowest BCUT2D eigenvalue weighted by atomic mass is 10.2. The normalized spacial score (nSPS) is 12.4. The largest absolute Gasteiger partial charge is 0.481 e. The Hall–Kier alpha value is -3.59. The van der Waals surface area contributed by atoms with E-state index in [0.29, 0.717) is 29.1 Å². The molecule has 0 fully saturated rings. The first-order valence-electron chi connectivity index (χ1n) is 9.60. The van der Waals surface area contributed by atoms with Gasteiger partial charge >= 0.3 is 0 Å². The highest BCUT2D eigenvalue weighted by molar-refractivity contribution is 7.98. The summed E-state index contributed by atoms with van der Waals surface area (Å²) in [4.78, 5) is 25.1. The number of carbonyl (C=O) groups is 1. The second kappa shape index (κ2) is 9.48. The lowest BCUT2D eigenvalue weighted by molar-refractivity contribution is -0.111. The standard InChI is InChI=1S/C22H21N5O3S/c1-3-19(28)24-14-5-4-6-16(11-14)30-21-17-13-31-10-9-18(17)26-22(27-21)25-15-7-8-20(29-2)23-12-15/h3-8,11-12H,1,9-10,13H2,2H3,(H,24,28)(H,25,26,27). The molecule has 8 nitrogen and oxygen atoms in total. The number of thioether (sulfide) groups is 1. The highest BCUT2D eigenvalue weighted by atomic mass is 32.2. The van der Waals surface area contributed by atoms with Crippen LogP contribution in [0, 0.1) is 0 Å². The summed E-state index contributed by atoms with van der Waals surface area (Å²) in [5.41, 5.74) is 3.30. The van der Waals surface area contributed by atoms with Crippen molar-refractivity contribution < 1.29 is 14.3 Å². The molecule has 1 aliphatic heterocycles. The molecule has 2 N–H and O–H groups in total. The fourth-order valence-corrected chi connectivity index (χ4v) is 3.97. The van der Waals surface area contributed by atoms with Crippen molar-refractivity contribution in [2.75, 3.05) is 23.5 Å². The Kier molecular flexibility index (Phi) is 6.32. The predicted molar refractivity (Wildman–Crippen MR) is 121 cm³/mol. The maximum absolute atomic E-state index is 11.6. The quantitative estimate of drug-likeness (QED) is 0.529. The molecule has 3 aromatic rings. The van der Waals surface area contributed by atoms with Crippen LogP contribution < -0.4 is 20.1 Å². The van der Waals surface area contributed by atoms with E-state index >= 15 is 0 Å². The van der Waals surface area contributed by atoms with Gasteiger partial charge in [0.15, 0.2) is 0 Å². The van der Waals surface area contributed by atoms with E-state index in [1.165, 1.54) is 6.08 Å². The molecule has 1 aliphatic rings. The number of hydrogen-bond acceptors (Lipinski definition) is 8. The Morgan fingerprint density at radius 3 is 2.90 bits per heavy atom. The fourth-order valence-electron chi connectivity index (χ4n) is 2.99. The monoisotopic (exact) mass is 435 g/mol. The number of methoxy groups -OCH3 is 1. The molecule has 158 valence electrons. The summed E-state index contributed by atoms with van der Waals surface area (Å²) in [5, 5.41) is 5.91. The van der Waals surface area contributed by atoms with Crippen LogP contribution in [0.4, 0.5) is 17.3 Å². The number of fused-ring (bicyclic) bond motifs is 1. The number of aromatic nitrogens is 3. The van der Waals surface area contributed by atoms with Gasteiger partial charge in [0.25, 0.3) is 0 Å². The highest BCUT2D eigenvalue weighted by Gasteiger charge is 2.20. The van der Waals surface area contributed by atoms with Gasteiger partial charge in [0.1, 0.15) is 5.75 Å². The van der Waals surface area contributed by atoms with Gasteiger partial charge in [0.2, 0.25) is 23.6 Å². The molecule has 1 amide bonds. The SMILES string of the molecule is C=CC(=O)Nc1cccc(Oc2nc(Nc3ccc(OC)nc3)nc3c2CSCC3)c1. The highest BCUT2D eigenvalue weighted by Crippen LogP contribution is 2.34. The predicted octanol–water partition coefficient (Wildman–Crippen LogP) is 4.33. The van der Waals surface area contributed by atoms with E-state index in [2.05, 4.69) is 32.2 Å². The minimum absolute atomic E-state index is 0.285. The molecule has 9 heteroatoms. The van der Waals surface area contributed by atoms with Crippen LogP contribution in [-0.4, -0.2) is 33.7 Å². The first-order valence-corrected chi connectivity index (χ1v) is 10.8. The third kappa shape index (κ3) is 5.13. The zero-order chi connectivity index (χ0) is 21.6. The van der Waals surface area contributed by atoms with E-state index in [4.69, 9.17) is 9.47 Å². The smallest absolute Gasteiger partial charge is 0.247 e. The van der Waals surface area contributed by atoms with E-state index in [1.54, 1.807) is 37.6 Å². The molecule has 2 aromatic heterocycles. The van der Waals surface area contributed by atoms with Crippen LogP contribution in [0.3, 0.4) is 0 Å². The third-order valence-corrected chi connectivity index (χ3v) is 5.47. The van der Waals surface area contributed by atoms with Gasteiger partial charge in [0, 0.05) is 29.1 Å². The van der Waals surface area contributed by atoms with Crippen LogP contribution in [0.1, 0.15) is 11.3 Å². The molecule has 31 heavy (non-hydrogen) atoms. The number of carbonyl (C=O) groups excluding carboxylic acids is 1. The number of rotatable bonds is 7. The van der Waals surface area contributed by atoms with Crippen LogP contribution in [0.5, 0.6) is 17.5 Å². The minimum Gasteiger partial charge on any atom is -0.481 e. The van der Waals surface area contributed by atoms with Crippen molar-refractivity contribution in [2.45, 2.75) is 12.2 Å². The summed E-state index contributed by atoms with van der Waals surface area (Å²) in [6.45, 7) is 3.47. The van der Waals surface area contributed by atoms with E-state index < -0.39 is 0 Å². The summed E-state index contributed by atoms with van der Waals surface area (Å²) in [7, 11) is 1.57. The second-order valence-electron chi connectivity index (χ2n) is 6.62. The molecule has 0 aliphatic carbocycles. The Morgan fingerprint density at radius 1 is 1.23 bits per heavy atom. The van der Waals surface area contributed by atoms with Crippen molar-refractivity contribution in [3.63, 3.8) is 0 Å². The molecule has 0 spiro atoms. The minimum atomic E-state index is -0.285. The van der Waals surface area contributed by atoms with Gasteiger partial charge < -0.3 is 20.1 Å². The molecule has 4 rings (SSSR count). The van der Waals surface area contributed by atoms with Crippen molar-refractivity contribution >= 4 is 35.0 Å². The molecule has 0 bridgehead atoms. The zero-order valence-corrected chi connectivity index (χ0v) is 17.7. The molecule has 0 unspecified atom stereocenters. The molecule has 0 saturated heterocycles. The van der Waals surface area contributed by atoms with Gasteiger partial charge in [-0.2, -0.15) is 16.7 Å². The number of anilines is 3. The van der Waals surface area contributed by atoms with Crippen molar-refractivity contribution in [1.29, 1.82) is 0 Å². The first-order chi connectivity index (χ1) is 15.1. The summed E-state index contributed by atoms with van der Waals surface area (Å²) >= 11 is 1.82. The average Bonchev–Trinajstić information content (AvgIpc) is 2.80. The van der Waals surface area contributed by atoms with Gasteiger partial charge in [-0.05, 0) is 36.4 Å². The zero-order valence-electron chi connectivity index (χ0n) is 16.9. The van der Waals surface area contributed by atoms with Crippen molar-refractivity contribution in [3.8, 4) is 17.5 Å². The van der Waals surface area contributed by atoms with Gasteiger partial charge in [-0.3, -0.25) is 4.79 Å². The molecule has 1 aromatic carbocycles. The number of ether oxygens (including phenoxy) is 2. The summed E-state index contributed by atoms with van der Waals surface area (Å²) in [5.74, 6) is 3.51. The van der Waals surface area contributed by atoms with E-state index in [1.807, 2.05) is 23.9 Å². The summed E-state index contributed by atoms with van der Waals surface area (Å²) in [6, 6.07) is 10.7. The number of hydrogen-bond donors (Lipinski definition) is 2. The average molecular weight is 436 g/mol. The van der Waals surface area contributed by atoms with Crippen LogP contribution in [0.15, 0.2) is 55.3 Å². The molecule has 0 saturated carbocycles. The van der Waals surface area contributed by atoms with Crippen LogP contribution in [-0.2, 0) is 17.0 Å². The fraction of sp³-hybridized carbons (Fsp3) is 0.182. The summed E-state index contributed by atoms with van der Waals surface area (Å²) < 4.78 is 11.2. The number of aryl methyl sites for hydroxylation is 1. The number of amides is 1. The van der Waals surface area contributed by atoms with Crippen molar-refractivity contribution in [3.05, 3.63) is 66.5 Å². The van der Waals surface area contributed by atoms with E-state index in [9.17, 15) is 4.79 Å². The van der Waals surface area contributed by atoms with Crippen LogP contribution in [0.2, 0.25) is 0 Å². The van der Waals surface area contributed by atoms with Crippen molar-refractivity contribution in [1.82, 2.24) is 15.0 Å². The molecule has 0 atom stereocenters. The number of benzene rings is 1. The topological polar surface area (TPSA) is 98.3 Å². The van der Waals surface area contributed by atoms with Crippen LogP contribution in [0.25, 0.3) is 0 Å². The lowest BCUT2D eigenvalue weighted by Crippen LogP contribution is -2.11. The van der Waals surface area contributed by atoms with Crippen molar-refractivity contribution in [2.24, 2.45) is 0 Å². The second-order valence-corrected chi connectivity index (χ2v) is 7.72. The van der Waals surface area contributed by atoms with Gasteiger partial charge in [-0.25, -0.2) is 9.97 Å². The van der Waals surface area contributed by atoms with Gasteiger partial charge in [-0.15, -0.1) is 0 Å². The van der Waals surface area contributed by atoms with Gasteiger partial charge in [0.05, 0.1) is 24.7 Å². The Balaban J connectivity index is 1.62. The molecule has 3 heterocycles. The number of nitrogens with zero attached hydrogens (tertiary/aromatic N) is 3. The van der Waals surface area contributed by atoms with Gasteiger partial charge in [-0.1, -0.05) is 12.6 Å². The Bertz CT molecular complexity index is 1100.